The van der Waals surface area contributed by atoms with Crippen molar-refractivity contribution in [2.24, 2.45) is 0 Å². The van der Waals surface area contributed by atoms with Crippen LogP contribution in [0.5, 0.6) is 11.5 Å². The molecule has 0 fully saturated rings. The Labute approximate surface area is 262 Å². The van der Waals surface area contributed by atoms with E-state index < -0.39 is 26.0 Å². The van der Waals surface area contributed by atoms with E-state index in [2.05, 4.69) is 10.0 Å². The van der Waals surface area contributed by atoms with E-state index in [1.54, 1.807) is 25.1 Å². The number of hydrogen-bond acceptors (Lipinski definition) is 7. The first-order valence-corrected chi connectivity index (χ1v) is 16.5. The number of nitrogens with one attached hydrogen (secondary N) is 2. The smallest absolute Gasteiger partial charge is 0.264 e. The molecule has 10 nitrogen and oxygen atoms in total. The lowest BCUT2D eigenvalue weighted by atomic mass is 10.1. The van der Waals surface area contributed by atoms with Crippen LogP contribution in [0.15, 0.2) is 82.6 Å². The van der Waals surface area contributed by atoms with Crippen LogP contribution in [0.4, 0.5) is 17.1 Å². The quantitative estimate of drug-likeness (QED) is 0.209. The number of anilines is 3. The largest absolute Gasteiger partial charge is 0.495 e. The van der Waals surface area contributed by atoms with Crippen molar-refractivity contribution < 1.29 is 31.1 Å². The Kier molecular flexibility index (Phi) is 9.47. The average molecular weight is 658 g/mol. The number of ether oxygens (including phenoxy) is 2. The van der Waals surface area contributed by atoms with Crippen LogP contribution >= 0.6 is 11.6 Å². The maximum atomic E-state index is 13.6. The first kappa shape index (κ1) is 32.6. The molecule has 0 aliphatic heterocycles. The van der Waals surface area contributed by atoms with E-state index in [9.17, 15) is 21.6 Å². The van der Waals surface area contributed by atoms with Crippen LogP contribution in [-0.2, 0) is 20.0 Å². The third kappa shape index (κ3) is 6.77. The van der Waals surface area contributed by atoms with Crippen molar-refractivity contribution in [3.05, 3.63) is 100 Å². The Bertz CT molecular complexity index is 1960. The number of amides is 1. The first-order chi connectivity index (χ1) is 20.7. The van der Waals surface area contributed by atoms with Crippen molar-refractivity contribution >= 4 is 54.6 Å². The van der Waals surface area contributed by atoms with Gasteiger partial charge in [-0.1, -0.05) is 41.4 Å². The van der Waals surface area contributed by atoms with Gasteiger partial charge in [-0.25, -0.2) is 16.8 Å². The molecular weight excluding hydrogens is 626 g/mol. The van der Waals surface area contributed by atoms with Gasteiger partial charge in [-0.05, 0) is 74.4 Å². The van der Waals surface area contributed by atoms with Gasteiger partial charge in [0.05, 0.1) is 40.4 Å². The summed E-state index contributed by atoms with van der Waals surface area (Å²) in [6, 6.07) is 18.2. The summed E-state index contributed by atoms with van der Waals surface area (Å²) in [6.45, 7) is 5.38. The van der Waals surface area contributed by atoms with E-state index in [0.717, 1.165) is 15.4 Å². The number of halogens is 1. The molecule has 0 aromatic heterocycles. The standard InChI is InChI=1S/C31H32ClN3O7S2/c1-19-10-13-26(21(3)14-19)34-43(37,38)30-16-23(12-11-20(30)2)33-31(36)22-8-7-9-24(15-22)44(39,40)35(4)27-17-25(32)28(41-5)18-29(27)42-6/h7-18,34H,1-6H3,(H,33,36). The number of nitrogens with zero attached hydrogens (tertiary/aromatic N) is 1. The highest BCUT2D eigenvalue weighted by molar-refractivity contribution is 7.93. The molecule has 4 rings (SSSR count). The molecule has 0 spiro atoms. The van der Waals surface area contributed by atoms with Crippen LogP contribution in [0, 0.1) is 20.8 Å². The molecule has 0 heterocycles. The molecule has 13 heteroatoms. The SMILES string of the molecule is COc1cc(OC)c(N(C)S(=O)(=O)c2cccc(C(=O)Nc3ccc(C)c(S(=O)(=O)Nc4ccc(C)cc4C)c3)c2)cc1Cl. The van der Waals surface area contributed by atoms with Gasteiger partial charge in [0, 0.05) is 24.4 Å². The Morgan fingerprint density at radius 1 is 0.818 bits per heavy atom. The summed E-state index contributed by atoms with van der Waals surface area (Å²) >= 11 is 6.25. The Morgan fingerprint density at radius 3 is 2.18 bits per heavy atom. The van der Waals surface area contributed by atoms with Gasteiger partial charge >= 0.3 is 0 Å². The molecule has 44 heavy (non-hydrogen) atoms. The molecule has 0 radical (unpaired) electrons. The summed E-state index contributed by atoms with van der Waals surface area (Å²) in [6.07, 6.45) is 0. The van der Waals surface area contributed by atoms with Gasteiger partial charge in [-0.15, -0.1) is 0 Å². The third-order valence-electron chi connectivity index (χ3n) is 6.91. The zero-order chi connectivity index (χ0) is 32.4. The fourth-order valence-electron chi connectivity index (χ4n) is 4.47. The van der Waals surface area contributed by atoms with Crippen molar-refractivity contribution in [2.75, 3.05) is 35.6 Å². The Hall–Kier alpha value is -4.26. The minimum Gasteiger partial charge on any atom is -0.495 e. The van der Waals surface area contributed by atoms with Crippen molar-refractivity contribution in [1.82, 2.24) is 0 Å². The molecule has 0 atom stereocenters. The van der Waals surface area contributed by atoms with Gasteiger partial charge in [0.1, 0.15) is 11.5 Å². The van der Waals surface area contributed by atoms with Crippen LogP contribution < -0.4 is 23.8 Å². The highest BCUT2D eigenvalue weighted by atomic mass is 35.5. The minimum absolute atomic E-state index is 0.0136. The van der Waals surface area contributed by atoms with Crippen molar-refractivity contribution in [3.8, 4) is 11.5 Å². The molecule has 0 saturated heterocycles. The fraction of sp³-hybridized carbons (Fsp3) is 0.194. The third-order valence-corrected chi connectivity index (χ3v) is 10.5. The van der Waals surface area contributed by atoms with Crippen molar-refractivity contribution in [2.45, 2.75) is 30.6 Å². The predicted molar refractivity (Wildman–Crippen MR) is 172 cm³/mol. The number of carbonyl (C=O) groups is 1. The van der Waals surface area contributed by atoms with Crippen LogP contribution in [0.1, 0.15) is 27.0 Å². The van der Waals surface area contributed by atoms with Gasteiger partial charge in [-0.2, -0.15) is 0 Å². The number of carbonyl (C=O) groups excluding carboxylic acids is 1. The van der Waals surface area contributed by atoms with E-state index in [0.29, 0.717) is 17.0 Å². The van der Waals surface area contributed by atoms with Crippen LogP contribution in [0.25, 0.3) is 0 Å². The summed E-state index contributed by atoms with van der Waals surface area (Å²) in [4.78, 5) is 13.1. The predicted octanol–water partition coefficient (Wildman–Crippen LogP) is 6.16. The van der Waals surface area contributed by atoms with Gasteiger partial charge < -0.3 is 14.8 Å². The molecule has 0 saturated carbocycles. The molecule has 0 bridgehead atoms. The second-order valence-electron chi connectivity index (χ2n) is 10.0. The second kappa shape index (κ2) is 12.8. The Morgan fingerprint density at radius 2 is 1.52 bits per heavy atom. The molecule has 0 aliphatic carbocycles. The number of rotatable bonds is 10. The molecule has 0 unspecified atom stereocenters. The lowest BCUT2D eigenvalue weighted by Gasteiger charge is -2.23. The van der Waals surface area contributed by atoms with E-state index in [1.165, 1.54) is 63.7 Å². The average Bonchev–Trinajstić information content (AvgIpc) is 2.98. The molecule has 4 aromatic rings. The van der Waals surface area contributed by atoms with Gasteiger partial charge in [0.25, 0.3) is 26.0 Å². The molecule has 1 amide bonds. The topological polar surface area (TPSA) is 131 Å². The summed E-state index contributed by atoms with van der Waals surface area (Å²) in [5, 5.41) is 2.85. The van der Waals surface area contributed by atoms with E-state index >= 15 is 0 Å². The van der Waals surface area contributed by atoms with Gasteiger partial charge in [-0.3, -0.25) is 13.8 Å². The number of aryl methyl sites for hydroxylation is 3. The lowest BCUT2D eigenvalue weighted by Crippen LogP contribution is -2.27. The Balaban J connectivity index is 1.60. The lowest BCUT2D eigenvalue weighted by molar-refractivity contribution is 0.102. The van der Waals surface area contributed by atoms with Gasteiger partial charge in [0.15, 0.2) is 0 Å². The number of sulfonamides is 2. The van der Waals surface area contributed by atoms with Crippen LogP contribution in [0.2, 0.25) is 5.02 Å². The molecule has 232 valence electrons. The highest BCUT2D eigenvalue weighted by Crippen LogP contribution is 2.39. The van der Waals surface area contributed by atoms with Gasteiger partial charge in [0.2, 0.25) is 0 Å². The fourth-order valence-corrected chi connectivity index (χ4v) is 7.36. The molecular formula is C31H32ClN3O7S2. The summed E-state index contributed by atoms with van der Waals surface area (Å²) < 4.78 is 67.9. The number of methoxy groups -OCH3 is 2. The van der Waals surface area contributed by atoms with E-state index in [-0.39, 0.29) is 37.5 Å². The molecule has 2 N–H and O–H groups in total. The summed E-state index contributed by atoms with van der Waals surface area (Å²) in [5.74, 6) is -0.113. The van der Waals surface area contributed by atoms with E-state index in [4.69, 9.17) is 21.1 Å². The monoisotopic (exact) mass is 657 g/mol. The van der Waals surface area contributed by atoms with Crippen molar-refractivity contribution in [1.29, 1.82) is 0 Å². The highest BCUT2D eigenvalue weighted by Gasteiger charge is 2.26. The number of benzene rings is 4. The van der Waals surface area contributed by atoms with Crippen molar-refractivity contribution in [3.63, 3.8) is 0 Å². The minimum atomic E-state index is -4.17. The zero-order valence-electron chi connectivity index (χ0n) is 24.9. The maximum Gasteiger partial charge on any atom is 0.264 e. The summed E-state index contributed by atoms with van der Waals surface area (Å²) in [7, 11) is -4.01. The normalized spacial score (nSPS) is 11.5. The zero-order valence-corrected chi connectivity index (χ0v) is 27.3. The van der Waals surface area contributed by atoms with Crippen LogP contribution in [0.3, 0.4) is 0 Å². The molecule has 0 aliphatic rings. The second-order valence-corrected chi connectivity index (χ2v) is 14.0. The van der Waals surface area contributed by atoms with E-state index in [1.807, 2.05) is 26.0 Å². The summed E-state index contributed by atoms with van der Waals surface area (Å²) in [5.41, 5.74) is 3.11. The maximum absolute atomic E-state index is 13.6. The number of hydrogen-bond donors (Lipinski definition) is 2. The molecule has 4 aromatic carbocycles. The van der Waals surface area contributed by atoms with Crippen LogP contribution in [-0.4, -0.2) is 44.0 Å². The first-order valence-electron chi connectivity index (χ1n) is 13.2.